The van der Waals surface area contributed by atoms with Crippen molar-refractivity contribution in [1.29, 1.82) is 0 Å². The highest BCUT2D eigenvalue weighted by atomic mass is 16.2. The molecule has 0 spiro atoms. The van der Waals surface area contributed by atoms with Crippen LogP contribution in [0.25, 0.3) is 0 Å². The van der Waals surface area contributed by atoms with Crippen molar-refractivity contribution in [2.24, 2.45) is 11.8 Å². The van der Waals surface area contributed by atoms with E-state index in [1.165, 1.54) is 19.3 Å². The molecule has 3 rings (SSSR count). The monoisotopic (exact) mass is 300 g/mol. The molecule has 1 amide bonds. The molecule has 4 atom stereocenters. The van der Waals surface area contributed by atoms with Gasteiger partial charge in [0.2, 0.25) is 5.91 Å². The number of amides is 1. The van der Waals surface area contributed by atoms with E-state index in [0.29, 0.717) is 18.0 Å². The average molecular weight is 300 g/mol. The van der Waals surface area contributed by atoms with Crippen molar-refractivity contribution >= 4 is 5.91 Å². The van der Waals surface area contributed by atoms with Crippen LogP contribution in [0.1, 0.15) is 57.6 Å². The Morgan fingerprint density at radius 2 is 1.82 bits per heavy atom. The molecule has 3 heteroatoms. The summed E-state index contributed by atoms with van der Waals surface area (Å²) in [4.78, 5) is 12.7. The lowest BCUT2D eigenvalue weighted by Crippen LogP contribution is -2.47. The van der Waals surface area contributed by atoms with Crippen LogP contribution in [-0.2, 0) is 4.79 Å². The van der Waals surface area contributed by atoms with Crippen LogP contribution in [0.4, 0.5) is 0 Å². The highest BCUT2D eigenvalue weighted by Gasteiger charge is 2.33. The van der Waals surface area contributed by atoms with Crippen molar-refractivity contribution in [1.82, 2.24) is 10.6 Å². The number of carbonyl (C=O) groups is 1. The fourth-order valence-corrected chi connectivity index (χ4v) is 3.51. The van der Waals surface area contributed by atoms with Crippen LogP contribution in [0.2, 0.25) is 0 Å². The normalized spacial score (nSPS) is 29.8. The number of benzene rings is 1. The molecule has 22 heavy (non-hydrogen) atoms. The minimum Gasteiger partial charge on any atom is -0.352 e. The maximum atomic E-state index is 12.7. The van der Waals surface area contributed by atoms with E-state index in [9.17, 15) is 4.79 Å². The molecule has 1 aromatic rings. The molecule has 1 aromatic carbocycles. The molecular weight excluding hydrogens is 272 g/mol. The van der Waals surface area contributed by atoms with Crippen LogP contribution in [0.5, 0.6) is 0 Å². The fraction of sp³-hybridized carbons (Fsp3) is 0.632. The Balaban J connectivity index is 1.74. The summed E-state index contributed by atoms with van der Waals surface area (Å²) in [6.07, 6.45) is 6.00. The summed E-state index contributed by atoms with van der Waals surface area (Å²) in [5, 5.41) is 6.84. The molecule has 2 fully saturated rings. The Morgan fingerprint density at radius 1 is 1.09 bits per heavy atom. The molecule has 0 saturated heterocycles. The highest BCUT2D eigenvalue weighted by Crippen LogP contribution is 2.31. The van der Waals surface area contributed by atoms with Gasteiger partial charge in [0.15, 0.2) is 0 Å². The fourth-order valence-electron chi connectivity index (χ4n) is 3.51. The molecular formula is C19H28N2O. The van der Waals surface area contributed by atoms with Crippen molar-refractivity contribution in [3.63, 3.8) is 0 Å². The van der Waals surface area contributed by atoms with E-state index in [4.69, 9.17) is 0 Å². The third-order valence-electron chi connectivity index (χ3n) is 5.41. The molecule has 0 heterocycles. The summed E-state index contributed by atoms with van der Waals surface area (Å²) >= 11 is 0. The van der Waals surface area contributed by atoms with Gasteiger partial charge in [-0.2, -0.15) is 0 Å². The Bertz CT molecular complexity index is 497. The molecule has 0 aliphatic heterocycles. The molecule has 0 radical (unpaired) electrons. The molecule has 0 aromatic heterocycles. The van der Waals surface area contributed by atoms with Gasteiger partial charge in [-0.25, -0.2) is 0 Å². The van der Waals surface area contributed by atoms with Gasteiger partial charge >= 0.3 is 0 Å². The number of nitrogens with one attached hydrogen (secondary N) is 2. The largest absolute Gasteiger partial charge is 0.352 e. The van der Waals surface area contributed by atoms with E-state index in [2.05, 4.69) is 36.6 Å². The van der Waals surface area contributed by atoms with Crippen molar-refractivity contribution in [3.05, 3.63) is 35.9 Å². The SMILES string of the molecule is C[C@@H]1[C@H](C)CCC[C@@H]1N[C@@H](C(=O)NC1CC1)c1ccccc1. The van der Waals surface area contributed by atoms with E-state index < -0.39 is 0 Å². The number of hydrogen-bond donors (Lipinski definition) is 2. The lowest BCUT2D eigenvalue weighted by Gasteiger charge is -2.37. The first-order valence-corrected chi connectivity index (χ1v) is 8.76. The van der Waals surface area contributed by atoms with Crippen molar-refractivity contribution in [3.8, 4) is 0 Å². The summed E-state index contributed by atoms with van der Waals surface area (Å²) in [7, 11) is 0. The summed E-state index contributed by atoms with van der Waals surface area (Å²) in [5.74, 6) is 1.49. The predicted molar refractivity (Wildman–Crippen MR) is 89.5 cm³/mol. The summed E-state index contributed by atoms with van der Waals surface area (Å²) < 4.78 is 0. The second kappa shape index (κ2) is 6.82. The van der Waals surface area contributed by atoms with Crippen LogP contribution < -0.4 is 10.6 Å². The second-order valence-corrected chi connectivity index (χ2v) is 7.17. The minimum absolute atomic E-state index is 0.138. The number of hydrogen-bond acceptors (Lipinski definition) is 2. The first-order valence-electron chi connectivity index (χ1n) is 8.76. The van der Waals surface area contributed by atoms with Gasteiger partial charge in [-0.05, 0) is 36.7 Å². The van der Waals surface area contributed by atoms with Gasteiger partial charge in [-0.1, -0.05) is 57.0 Å². The van der Waals surface area contributed by atoms with E-state index in [-0.39, 0.29) is 11.9 Å². The topological polar surface area (TPSA) is 41.1 Å². The van der Waals surface area contributed by atoms with Gasteiger partial charge in [0.1, 0.15) is 6.04 Å². The lowest BCUT2D eigenvalue weighted by molar-refractivity contribution is -0.123. The first kappa shape index (κ1) is 15.5. The zero-order valence-electron chi connectivity index (χ0n) is 13.7. The van der Waals surface area contributed by atoms with E-state index in [0.717, 1.165) is 24.3 Å². The summed E-state index contributed by atoms with van der Waals surface area (Å²) in [5.41, 5.74) is 1.08. The maximum Gasteiger partial charge on any atom is 0.241 e. The molecule has 0 unspecified atom stereocenters. The Labute approximate surface area is 133 Å². The number of rotatable bonds is 5. The van der Waals surface area contributed by atoms with Crippen LogP contribution in [0.15, 0.2) is 30.3 Å². The minimum atomic E-state index is -0.223. The van der Waals surface area contributed by atoms with Gasteiger partial charge in [-0.15, -0.1) is 0 Å². The van der Waals surface area contributed by atoms with E-state index >= 15 is 0 Å². The van der Waals surface area contributed by atoms with Gasteiger partial charge in [-0.3, -0.25) is 10.1 Å². The van der Waals surface area contributed by atoms with Gasteiger partial charge in [0.25, 0.3) is 0 Å². The first-order chi connectivity index (χ1) is 10.6. The Hall–Kier alpha value is -1.35. The van der Waals surface area contributed by atoms with Crippen LogP contribution in [0.3, 0.4) is 0 Å². The summed E-state index contributed by atoms with van der Waals surface area (Å²) in [6.45, 7) is 4.66. The van der Waals surface area contributed by atoms with Crippen molar-refractivity contribution < 1.29 is 4.79 Å². The third kappa shape index (κ3) is 3.70. The predicted octanol–water partition coefficient (Wildman–Crippen LogP) is 3.42. The van der Waals surface area contributed by atoms with Crippen molar-refractivity contribution in [2.75, 3.05) is 0 Å². The molecule has 120 valence electrons. The Morgan fingerprint density at radius 3 is 2.50 bits per heavy atom. The maximum absolute atomic E-state index is 12.7. The van der Waals surface area contributed by atoms with Crippen LogP contribution in [-0.4, -0.2) is 18.0 Å². The molecule has 2 saturated carbocycles. The van der Waals surface area contributed by atoms with Crippen LogP contribution in [0, 0.1) is 11.8 Å². The third-order valence-corrected chi connectivity index (χ3v) is 5.41. The molecule has 3 nitrogen and oxygen atoms in total. The van der Waals surface area contributed by atoms with Crippen molar-refractivity contribution in [2.45, 2.75) is 64.1 Å². The standard InChI is InChI=1S/C19H28N2O/c1-13-7-6-10-17(14(13)2)21-18(15-8-4-3-5-9-15)19(22)20-16-11-12-16/h3-5,8-9,13-14,16-18,21H,6-7,10-12H2,1-2H3,(H,20,22)/t13-,14-,17+,18-/m1/s1. The quantitative estimate of drug-likeness (QED) is 0.875. The van der Waals surface area contributed by atoms with E-state index in [1.54, 1.807) is 0 Å². The molecule has 2 N–H and O–H groups in total. The zero-order chi connectivity index (χ0) is 15.5. The van der Waals surface area contributed by atoms with Gasteiger partial charge in [0.05, 0.1) is 0 Å². The molecule has 2 aliphatic rings. The Kier molecular flexibility index (Phi) is 4.82. The zero-order valence-corrected chi connectivity index (χ0v) is 13.7. The second-order valence-electron chi connectivity index (χ2n) is 7.17. The smallest absolute Gasteiger partial charge is 0.241 e. The molecule has 2 aliphatic carbocycles. The lowest BCUT2D eigenvalue weighted by atomic mass is 9.77. The average Bonchev–Trinajstić information content (AvgIpc) is 3.33. The van der Waals surface area contributed by atoms with Crippen LogP contribution >= 0.6 is 0 Å². The van der Waals surface area contributed by atoms with Gasteiger partial charge < -0.3 is 5.32 Å². The van der Waals surface area contributed by atoms with Gasteiger partial charge in [0, 0.05) is 12.1 Å². The molecule has 0 bridgehead atoms. The van der Waals surface area contributed by atoms with E-state index in [1.807, 2.05) is 18.2 Å². The highest BCUT2D eigenvalue weighted by molar-refractivity contribution is 5.83. The summed E-state index contributed by atoms with van der Waals surface area (Å²) in [6, 6.07) is 10.8. The number of carbonyl (C=O) groups excluding carboxylic acids is 1.